The van der Waals surface area contributed by atoms with Crippen molar-refractivity contribution in [2.45, 2.75) is 6.92 Å². The molecule has 0 saturated heterocycles. The van der Waals surface area contributed by atoms with Crippen molar-refractivity contribution < 1.29 is 9.53 Å². The van der Waals surface area contributed by atoms with Crippen molar-refractivity contribution in [3.05, 3.63) is 53.7 Å². The summed E-state index contributed by atoms with van der Waals surface area (Å²) in [6.07, 6.45) is 1.62. The van der Waals surface area contributed by atoms with Gasteiger partial charge in [0, 0.05) is 11.8 Å². The largest absolute Gasteiger partial charge is 0.465 e. The molecule has 0 unspecified atom stereocenters. The van der Waals surface area contributed by atoms with Gasteiger partial charge < -0.3 is 4.74 Å². The molecule has 5 nitrogen and oxygen atoms in total. The fraction of sp³-hybridized carbons (Fsp3) is 0.133. The lowest BCUT2D eigenvalue weighted by atomic mass is 10.1. The summed E-state index contributed by atoms with van der Waals surface area (Å²) in [5.74, 6) is 0.242. The molecule has 1 aromatic carbocycles. The molecule has 0 N–H and O–H groups in total. The van der Waals surface area contributed by atoms with E-state index in [0.29, 0.717) is 17.0 Å². The third kappa shape index (κ3) is 2.14. The maximum Gasteiger partial charge on any atom is 0.339 e. The number of nitrogens with zero attached hydrogens (tertiary/aromatic N) is 3. The molecule has 0 atom stereocenters. The van der Waals surface area contributed by atoms with Crippen molar-refractivity contribution >= 4 is 11.6 Å². The van der Waals surface area contributed by atoms with E-state index in [1.54, 1.807) is 22.8 Å². The Bertz CT molecular complexity index is 775. The smallest absolute Gasteiger partial charge is 0.339 e. The van der Waals surface area contributed by atoms with Crippen LogP contribution in [-0.4, -0.2) is 27.7 Å². The first-order chi connectivity index (χ1) is 9.67. The molecule has 100 valence electrons. The number of hydrogen-bond acceptors (Lipinski definition) is 4. The number of pyridine rings is 1. The number of ether oxygens (including phenoxy) is 1. The van der Waals surface area contributed by atoms with Crippen LogP contribution >= 0.6 is 0 Å². The first-order valence-corrected chi connectivity index (χ1v) is 6.19. The molecule has 0 aliphatic heterocycles. The molecular weight excluding hydrogens is 254 g/mol. The van der Waals surface area contributed by atoms with Gasteiger partial charge in [-0.25, -0.2) is 14.3 Å². The first-order valence-electron chi connectivity index (χ1n) is 6.19. The quantitative estimate of drug-likeness (QED) is 0.669. The summed E-state index contributed by atoms with van der Waals surface area (Å²) in [4.78, 5) is 15.9. The molecule has 0 spiro atoms. The lowest BCUT2D eigenvalue weighted by Gasteiger charge is -1.98. The summed E-state index contributed by atoms with van der Waals surface area (Å²) in [7, 11) is 1.35. The normalized spacial score (nSPS) is 10.7. The zero-order valence-corrected chi connectivity index (χ0v) is 11.2. The molecule has 0 saturated carbocycles. The van der Waals surface area contributed by atoms with Crippen molar-refractivity contribution in [3.8, 4) is 11.4 Å². The molecule has 0 aliphatic carbocycles. The minimum absolute atomic E-state index is 0.390. The van der Waals surface area contributed by atoms with Gasteiger partial charge in [0.25, 0.3) is 0 Å². The summed E-state index contributed by atoms with van der Waals surface area (Å²) in [5, 5.41) is 4.39. The monoisotopic (exact) mass is 267 g/mol. The third-order valence-corrected chi connectivity index (χ3v) is 3.06. The van der Waals surface area contributed by atoms with Gasteiger partial charge in [0.05, 0.1) is 12.7 Å². The van der Waals surface area contributed by atoms with Gasteiger partial charge in [0.2, 0.25) is 0 Å². The van der Waals surface area contributed by atoms with Crippen LogP contribution in [0.2, 0.25) is 0 Å². The van der Waals surface area contributed by atoms with Crippen LogP contribution in [0.15, 0.2) is 42.6 Å². The van der Waals surface area contributed by atoms with E-state index >= 15 is 0 Å². The second-order valence-corrected chi connectivity index (χ2v) is 4.51. The van der Waals surface area contributed by atoms with E-state index in [1.807, 2.05) is 31.2 Å². The molecule has 0 bridgehead atoms. The Hall–Kier alpha value is -2.69. The summed E-state index contributed by atoms with van der Waals surface area (Å²) >= 11 is 0. The van der Waals surface area contributed by atoms with Crippen LogP contribution in [0.3, 0.4) is 0 Å². The van der Waals surface area contributed by atoms with Gasteiger partial charge in [0.15, 0.2) is 11.5 Å². The maximum atomic E-state index is 11.5. The van der Waals surface area contributed by atoms with Gasteiger partial charge in [0.1, 0.15) is 0 Å². The number of carbonyl (C=O) groups is 1. The highest BCUT2D eigenvalue weighted by molar-refractivity contribution is 5.89. The average molecular weight is 267 g/mol. The topological polar surface area (TPSA) is 56.5 Å². The van der Waals surface area contributed by atoms with Gasteiger partial charge >= 0.3 is 5.97 Å². The highest BCUT2D eigenvalue weighted by atomic mass is 16.5. The minimum Gasteiger partial charge on any atom is -0.465 e. The van der Waals surface area contributed by atoms with Crippen molar-refractivity contribution in [3.63, 3.8) is 0 Å². The van der Waals surface area contributed by atoms with Crippen LogP contribution in [-0.2, 0) is 4.74 Å². The van der Waals surface area contributed by atoms with E-state index in [2.05, 4.69) is 14.8 Å². The van der Waals surface area contributed by atoms with E-state index in [1.165, 1.54) is 12.7 Å². The second-order valence-electron chi connectivity index (χ2n) is 4.51. The third-order valence-electron chi connectivity index (χ3n) is 3.06. The van der Waals surface area contributed by atoms with Crippen LogP contribution in [0.5, 0.6) is 0 Å². The molecule has 0 amide bonds. The highest BCUT2D eigenvalue weighted by Gasteiger charge is 2.10. The van der Waals surface area contributed by atoms with Crippen molar-refractivity contribution in [2.75, 3.05) is 7.11 Å². The zero-order chi connectivity index (χ0) is 14.1. The summed E-state index contributed by atoms with van der Waals surface area (Å²) in [6, 6.07) is 11.4. The zero-order valence-electron chi connectivity index (χ0n) is 11.2. The Labute approximate surface area is 115 Å². The summed E-state index contributed by atoms with van der Waals surface area (Å²) < 4.78 is 6.27. The Kier molecular flexibility index (Phi) is 2.95. The van der Waals surface area contributed by atoms with Gasteiger partial charge in [-0.2, -0.15) is 0 Å². The highest BCUT2D eigenvalue weighted by Crippen LogP contribution is 2.17. The standard InChI is InChI=1S/C15H13N3O2/c1-10-3-5-11(6-4-10)14-16-13-8-7-12(15(19)20-2)9-18(13)17-14/h3-9H,1-2H3. The van der Waals surface area contributed by atoms with Crippen molar-refractivity contribution in [2.24, 2.45) is 0 Å². The lowest BCUT2D eigenvalue weighted by Crippen LogP contribution is -2.03. The van der Waals surface area contributed by atoms with E-state index in [9.17, 15) is 4.79 Å². The number of fused-ring (bicyclic) bond motifs is 1. The van der Waals surface area contributed by atoms with E-state index in [-0.39, 0.29) is 5.97 Å². The molecule has 20 heavy (non-hydrogen) atoms. The van der Waals surface area contributed by atoms with Crippen LogP contribution < -0.4 is 0 Å². The second kappa shape index (κ2) is 4.77. The molecule has 0 radical (unpaired) electrons. The minimum atomic E-state index is -0.390. The van der Waals surface area contributed by atoms with E-state index in [4.69, 9.17) is 0 Å². The fourth-order valence-corrected chi connectivity index (χ4v) is 1.95. The van der Waals surface area contributed by atoms with Crippen LogP contribution in [0.4, 0.5) is 0 Å². The number of benzene rings is 1. The van der Waals surface area contributed by atoms with Crippen molar-refractivity contribution in [1.29, 1.82) is 0 Å². The summed E-state index contributed by atoms with van der Waals surface area (Å²) in [5.41, 5.74) is 3.26. The van der Waals surface area contributed by atoms with Crippen molar-refractivity contribution in [1.82, 2.24) is 14.6 Å². The van der Waals surface area contributed by atoms with E-state index in [0.717, 1.165) is 5.56 Å². The molecule has 3 aromatic rings. The number of hydrogen-bond donors (Lipinski definition) is 0. The molecular formula is C15H13N3O2. The Morgan fingerprint density at radius 1 is 1.15 bits per heavy atom. The Balaban J connectivity index is 2.06. The molecule has 5 heteroatoms. The van der Waals surface area contributed by atoms with Gasteiger partial charge in [-0.15, -0.1) is 5.10 Å². The maximum absolute atomic E-state index is 11.5. The molecule has 3 rings (SSSR count). The number of aromatic nitrogens is 3. The van der Waals surface area contributed by atoms with Gasteiger partial charge in [-0.05, 0) is 19.1 Å². The number of esters is 1. The first kappa shape index (κ1) is 12.3. The lowest BCUT2D eigenvalue weighted by molar-refractivity contribution is 0.0600. The SMILES string of the molecule is COC(=O)c1ccc2nc(-c3ccc(C)cc3)nn2c1. The number of aryl methyl sites for hydroxylation is 1. The number of rotatable bonds is 2. The Morgan fingerprint density at radius 2 is 1.90 bits per heavy atom. The van der Waals surface area contributed by atoms with Crippen LogP contribution in [0, 0.1) is 6.92 Å². The predicted octanol–water partition coefficient (Wildman–Crippen LogP) is 2.49. The van der Waals surface area contributed by atoms with E-state index < -0.39 is 0 Å². The van der Waals surface area contributed by atoms with Gasteiger partial charge in [-0.1, -0.05) is 29.8 Å². The molecule has 2 heterocycles. The summed E-state index contributed by atoms with van der Waals surface area (Å²) in [6.45, 7) is 2.03. The molecule has 0 fully saturated rings. The molecule has 2 aromatic heterocycles. The number of methoxy groups -OCH3 is 1. The predicted molar refractivity (Wildman–Crippen MR) is 74.5 cm³/mol. The molecule has 0 aliphatic rings. The fourth-order valence-electron chi connectivity index (χ4n) is 1.95. The number of carbonyl (C=O) groups excluding carboxylic acids is 1. The van der Waals surface area contributed by atoms with Gasteiger partial charge in [-0.3, -0.25) is 0 Å². The van der Waals surface area contributed by atoms with Crippen LogP contribution in [0.25, 0.3) is 17.0 Å². The average Bonchev–Trinajstić information content (AvgIpc) is 2.90. The van der Waals surface area contributed by atoms with Crippen LogP contribution in [0.1, 0.15) is 15.9 Å². The Morgan fingerprint density at radius 3 is 2.60 bits per heavy atom.